The van der Waals surface area contributed by atoms with Gasteiger partial charge in [-0.15, -0.1) is 13.2 Å². The zero-order valence-corrected chi connectivity index (χ0v) is 13.3. The van der Waals surface area contributed by atoms with Gasteiger partial charge >= 0.3 is 6.36 Å². The van der Waals surface area contributed by atoms with Crippen LogP contribution in [0.25, 0.3) is 17.2 Å². The van der Waals surface area contributed by atoms with Crippen LogP contribution in [-0.4, -0.2) is 12.0 Å². The summed E-state index contributed by atoms with van der Waals surface area (Å²) in [6.07, 6.45) is -1.61. The van der Waals surface area contributed by atoms with Gasteiger partial charge in [0.15, 0.2) is 0 Å². The van der Waals surface area contributed by atoms with Crippen LogP contribution in [0.5, 0.6) is 0 Å². The van der Waals surface area contributed by atoms with E-state index in [0.717, 1.165) is 16.7 Å². The van der Waals surface area contributed by atoms with Crippen molar-refractivity contribution >= 4 is 6.08 Å². The Morgan fingerprint density at radius 2 is 1.52 bits per heavy atom. The summed E-state index contributed by atoms with van der Waals surface area (Å²) >= 11 is 0. The molecule has 0 unspecified atom stereocenters. The molecule has 4 heteroatoms. The summed E-state index contributed by atoms with van der Waals surface area (Å²) in [6.45, 7) is 4.79. The minimum Gasteiger partial charge on any atom is -0.282 e. The molecule has 1 nitrogen and oxygen atoms in total. The van der Waals surface area contributed by atoms with Crippen molar-refractivity contribution in [3.05, 3.63) is 65.7 Å². The van der Waals surface area contributed by atoms with Crippen molar-refractivity contribution in [3.63, 3.8) is 0 Å². The van der Waals surface area contributed by atoms with Crippen LogP contribution in [0.2, 0.25) is 0 Å². The number of hydrogen-bond acceptors (Lipinski definition) is 1. The highest BCUT2D eigenvalue weighted by Crippen LogP contribution is 2.27. The molecule has 122 valence electrons. The highest BCUT2D eigenvalue weighted by Gasteiger charge is 2.36. The molecular weight excluding hydrogens is 301 g/mol. The van der Waals surface area contributed by atoms with Crippen LogP contribution in [0, 0.1) is 6.92 Å². The second-order valence-electron chi connectivity index (χ2n) is 5.92. The Balaban J connectivity index is 2.14. The molecule has 23 heavy (non-hydrogen) atoms. The van der Waals surface area contributed by atoms with Crippen molar-refractivity contribution in [2.75, 3.05) is 0 Å². The first kappa shape index (κ1) is 17.3. The van der Waals surface area contributed by atoms with E-state index in [0.29, 0.717) is 0 Å². The predicted octanol–water partition coefficient (Wildman–Crippen LogP) is 5.99. The molecule has 0 aliphatic carbocycles. The lowest BCUT2D eigenvalue weighted by Gasteiger charge is -2.22. The van der Waals surface area contributed by atoms with Crippen molar-refractivity contribution in [1.29, 1.82) is 0 Å². The number of ether oxygens (including phenoxy) is 1. The van der Waals surface area contributed by atoms with Crippen LogP contribution in [0.3, 0.4) is 0 Å². The molecule has 2 aromatic carbocycles. The smallest absolute Gasteiger partial charge is 0.282 e. The van der Waals surface area contributed by atoms with E-state index in [4.69, 9.17) is 0 Å². The lowest BCUT2D eigenvalue weighted by molar-refractivity contribution is -0.352. The SMILES string of the molecule is Cc1ccccc1-c1ccc(C=CC(C)(C)OC(F)(F)F)cc1. The molecule has 0 aliphatic rings. The van der Waals surface area contributed by atoms with E-state index in [1.807, 2.05) is 55.5 Å². The van der Waals surface area contributed by atoms with Gasteiger partial charge in [0.2, 0.25) is 0 Å². The minimum absolute atomic E-state index is 0.821. The van der Waals surface area contributed by atoms with E-state index in [1.54, 1.807) is 6.08 Å². The van der Waals surface area contributed by atoms with Gasteiger partial charge in [0.25, 0.3) is 0 Å². The number of rotatable bonds is 4. The maximum absolute atomic E-state index is 12.3. The van der Waals surface area contributed by atoms with Gasteiger partial charge in [-0.25, -0.2) is 0 Å². The summed E-state index contributed by atoms with van der Waals surface area (Å²) in [5, 5.41) is 0. The molecule has 2 rings (SSSR count). The predicted molar refractivity (Wildman–Crippen MR) is 86.9 cm³/mol. The van der Waals surface area contributed by atoms with Crippen molar-refractivity contribution in [3.8, 4) is 11.1 Å². The summed E-state index contributed by atoms with van der Waals surface area (Å²) in [6, 6.07) is 15.7. The maximum atomic E-state index is 12.3. The van der Waals surface area contributed by atoms with Crippen molar-refractivity contribution in [2.45, 2.75) is 32.7 Å². The van der Waals surface area contributed by atoms with Crippen LogP contribution >= 0.6 is 0 Å². The Bertz CT molecular complexity index is 683. The first-order chi connectivity index (χ1) is 10.7. The van der Waals surface area contributed by atoms with E-state index in [9.17, 15) is 13.2 Å². The molecule has 0 spiro atoms. The highest BCUT2D eigenvalue weighted by molar-refractivity contribution is 5.68. The average molecular weight is 320 g/mol. The Hall–Kier alpha value is -2.07. The second kappa shape index (κ2) is 6.59. The van der Waals surface area contributed by atoms with Gasteiger partial charge in [-0.3, -0.25) is 4.74 Å². The van der Waals surface area contributed by atoms with Gasteiger partial charge in [-0.1, -0.05) is 60.7 Å². The molecule has 0 aliphatic heterocycles. The van der Waals surface area contributed by atoms with Gasteiger partial charge in [0.1, 0.15) is 0 Å². The number of benzene rings is 2. The summed E-state index contributed by atoms with van der Waals surface area (Å²) in [5.74, 6) is 0. The molecule has 0 heterocycles. The quantitative estimate of drug-likeness (QED) is 0.672. The molecule has 0 N–H and O–H groups in total. The zero-order valence-electron chi connectivity index (χ0n) is 13.3. The van der Waals surface area contributed by atoms with E-state index in [1.165, 1.54) is 25.5 Å². The summed E-state index contributed by atoms with van der Waals surface area (Å²) in [5.41, 5.74) is 2.80. The van der Waals surface area contributed by atoms with Crippen LogP contribution < -0.4 is 0 Å². The average Bonchev–Trinajstić information content (AvgIpc) is 2.44. The molecule has 0 saturated carbocycles. The molecule has 2 aromatic rings. The third kappa shape index (κ3) is 5.25. The number of alkyl halides is 3. The fraction of sp³-hybridized carbons (Fsp3) is 0.263. The van der Waals surface area contributed by atoms with Crippen LogP contribution in [0.1, 0.15) is 25.0 Å². The minimum atomic E-state index is -4.65. The molecular formula is C19H19F3O. The van der Waals surface area contributed by atoms with Crippen molar-refractivity contribution in [1.82, 2.24) is 0 Å². The topological polar surface area (TPSA) is 9.23 Å². The number of hydrogen-bond donors (Lipinski definition) is 0. The van der Waals surface area contributed by atoms with Crippen molar-refractivity contribution < 1.29 is 17.9 Å². The largest absolute Gasteiger partial charge is 0.523 e. The molecule has 0 radical (unpaired) electrons. The fourth-order valence-electron chi connectivity index (χ4n) is 2.30. The second-order valence-corrected chi connectivity index (χ2v) is 5.92. The Kier molecular flexibility index (Phi) is 4.95. The van der Waals surface area contributed by atoms with Gasteiger partial charge < -0.3 is 0 Å². The fourth-order valence-corrected chi connectivity index (χ4v) is 2.30. The Morgan fingerprint density at radius 3 is 2.09 bits per heavy atom. The molecule has 0 bridgehead atoms. The van der Waals surface area contributed by atoms with Gasteiger partial charge in [0.05, 0.1) is 5.60 Å². The Labute approximate surface area is 134 Å². The zero-order chi connectivity index (χ0) is 17.1. The molecule has 0 aromatic heterocycles. The van der Waals surface area contributed by atoms with E-state index < -0.39 is 12.0 Å². The Morgan fingerprint density at radius 1 is 0.913 bits per heavy atom. The summed E-state index contributed by atoms with van der Waals surface area (Å²) in [7, 11) is 0. The third-order valence-electron chi connectivity index (χ3n) is 3.42. The standard InChI is InChI=1S/C19H19F3O/c1-14-6-4-5-7-17(14)16-10-8-15(9-11-16)12-13-18(2,3)23-19(20,21)22/h4-13H,1-3H3. The highest BCUT2D eigenvalue weighted by atomic mass is 19.4. The van der Waals surface area contributed by atoms with Crippen LogP contribution in [0.4, 0.5) is 13.2 Å². The van der Waals surface area contributed by atoms with E-state index in [-0.39, 0.29) is 0 Å². The monoisotopic (exact) mass is 320 g/mol. The molecule has 0 amide bonds. The van der Waals surface area contributed by atoms with Crippen molar-refractivity contribution in [2.24, 2.45) is 0 Å². The first-order valence-corrected chi connectivity index (χ1v) is 7.28. The van der Waals surface area contributed by atoms with E-state index in [2.05, 4.69) is 4.74 Å². The normalized spacial score (nSPS) is 12.8. The lowest BCUT2D eigenvalue weighted by Crippen LogP contribution is -2.30. The summed E-state index contributed by atoms with van der Waals surface area (Å²) in [4.78, 5) is 0. The molecule has 0 atom stereocenters. The summed E-state index contributed by atoms with van der Waals surface area (Å²) < 4.78 is 41.0. The number of halogens is 3. The first-order valence-electron chi connectivity index (χ1n) is 7.28. The van der Waals surface area contributed by atoms with Gasteiger partial charge in [-0.2, -0.15) is 0 Å². The van der Waals surface area contributed by atoms with Gasteiger partial charge in [-0.05, 0) is 43.0 Å². The maximum Gasteiger partial charge on any atom is 0.523 e. The number of aryl methyl sites for hydroxylation is 1. The van der Waals surface area contributed by atoms with Gasteiger partial charge in [0, 0.05) is 0 Å². The van der Waals surface area contributed by atoms with E-state index >= 15 is 0 Å². The molecule has 0 fully saturated rings. The van der Waals surface area contributed by atoms with Crippen LogP contribution in [-0.2, 0) is 4.74 Å². The van der Waals surface area contributed by atoms with Crippen LogP contribution in [0.15, 0.2) is 54.6 Å². The molecule has 0 saturated heterocycles. The lowest BCUT2D eigenvalue weighted by atomic mass is 9.99. The third-order valence-corrected chi connectivity index (χ3v) is 3.42.